The number of carboxylic acids is 1. The summed E-state index contributed by atoms with van der Waals surface area (Å²) in [5.74, 6) is -0.771. The third kappa shape index (κ3) is 5.60. The van der Waals surface area contributed by atoms with Gasteiger partial charge in [0.05, 0.1) is 26.7 Å². The van der Waals surface area contributed by atoms with Crippen molar-refractivity contribution >= 4 is 51.4 Å². The summed E-state index contributed by atoms with van der Waals surface area (Å²) in [6.45, 7) is 4.36. The van der Waals surface area contributed by atoms with Crippen LogP contribution in [0.5, 0.6) is 0 Å². The van der Waals surface area contributed by atoms with E-state index >= 15 is 0 Å². The highest BCUT2D eigenvalue weighted by atomic mass is 35.5. The van der Waals surface area contributed by atoms with Gasteiger partial charge in [-0.05, 0) is 48.9 Å². The van der Waals surface area contributed by atoms with Crippen molar-refractivity contribution in [3.8, 4) is 11.3 Å². The first-order chi connectivity index (χ1) is 15.8. The van der Waals surface area contributed by atoms with Crippen molar-refractivity contribution in [3.05, 3.63) is 74.2 Å². The predicted molar refractivity (Wildman–Crippen MR) is 138 cm³/mol. The lowest BCUT2D eigenvalue weighted by molar-refractivity contribution is -0.141. The SMILES string of the molecule is CC(C)Cc1sc(CCC(Cc2c[nH]c3ccccc23)C(=O)O)nc1-c1ccc(Cl)c(Cl)c1. The van der Waals surface area contributed by atoms with Crippen LogP contribution in [0.3, 0.4) is 0 Å². The maximum absolute atomic E-state index is 12.0. The molecule has 172 valence electrons. The molecular weight excluding hydrogens is 475 g/mol. The molecule has 2 N–H and O–H groups in total. The number of benzene rings is 2. The third-order valence-corrected chi connectivity index (χ3v) is 7.60. The molecule has 0 aliphatic carbocycles. The van der Waals surface area contributed by atoms with Crippen molar-refractivity contribution in [1.29, 1.82) is 0 Å². The summed E-state index contributed by atoms with van der Waals surface area (Å²) < 4.78 is 0. The van der Waals surface area contributed by atoms with E-state index in [4.69, 9.17) is 28.2 Å². The second-order valence-electron chi connectivity index (χ2n) is 8.74. The third-order valence-electron chi connectivity index (χ3n) is 5.73. The van der Waals surface area contributed by atoms with Gasteiger partial charge in [0, 0.05) is 34.0 Å². The second-order valence-corrected chi connectivity index (χ2v) is 10.7. The zero-order valence-corrected chi connectivity index (χ0v) is 20.9. The van der Waals surface area contributed by atoms with Crippen molar-refractivity contribution in [2.24, 2.45) is 11.8 Å². The van der Waals surface area contributed by atoms with Crippen LogP contribution < -0.4 is 0 Å². The number of carboxylic acid groups (broad SMARTS) is 1. The largest absolute Gasteiger partial charge is 0.481 e. The lowest BCUT2D eigenvalue weighted by atomic mass is 9.94. The van der Waals surface area contributed by atoms with Crippen LogP contribution in [-0.2, 0) is 24.1 Å². The molecule has 2 heterocycles. The van der Waals surface area contributed by atoms with Gasteiger partial charge in [0.2, 0.25) is 0 Å². The van der Waals surface area contributed by atoms with Crippen LogP contribution in [0.2, 0.25) is 10.0 Å². The second kappa shape index (κ2) is 10.3. The fourth-order valence-electron chi connectivity index (χ4n) is 4.06. The number of aromatic nitrogens is 2. The van der Waals surface area contributed by atoms with E-state index in [9.17, 15) is 9.90 Å². The molecular formula is C26H26Cl2N2O2S. The zero-order valence-electron chi connectivity index (χ0n) is 18.6. The van der Waals surface area contributed by atoms with Crippen molar-refractivity contribution in [2.75, 3.05) is 0 Å². The molecule has 4 nitrogen and oxygen atoms in total. The average molecular weight is 501 g/mol. The Kier molecular flexibility index (Phi) is 7.42. The van der Waals surface area contributed by atoms with Crippen LogP contribution in [-0.4, -0.2) is 21.0 Å². The molecule has 0 radical (unpaired) electrons. The highest BCUT2D eigenvalue weighted by Crippen LogP contribution is 2.35. The van der Waals surface area contributed by atoms with Crippen LogP contribution in [0.15, 0.2) is 48.7 Å². The number of aromatic amines is 1. The number of hydrogen-bond acceptors (Lipinski definition) is 3. The molecule has 7 heteroatoms. The van der Waals surface area contributed by atoms with Crippen molar-refractivity contribution in [3.63, 3.8) is 0 Å². The minimum absolute atomic E-state index is 0.477. The number of halogens is 2. The van der Waals surface area contributed by atoms with Gasteiger partial charge < -0.3 is 10.1 Å². The number of carbonyl (C=O) groups is 1. The van der Waals surface area contributed by atoms with Crippen LogP contribution in [0.25, 0.3) is 22.2 Å². The Hall–Kier alpha value is -2.34. The monoisotopic (exact) mass is 500 g/mol. The summed E-state index contributed by atoms with van der Waals surface area (Å²) in [5.41, 5.74) is 3.93. The molecule has 0 spiro atoms. The number of nitrogens with one attached hydrogen (secondary N) is 1. The maximum Gasteiger partial charge on any atom is 0.306 e. The molecule has 2 aromatic heterocycles. The number of H-pyrrole nitrogens is 1. The fourth-order valence-corrected chi connectivity index (χ4v) is 5.68. The topological polar surface area (TPSA) is 66.0 Å². The van der Waals surface area contributed by atoms with Crippen molar-refractivity contribution in [2.45, 2.75) is 39.5 Å². The molecule has 2 aromatic carbocycles. The number of para-hydroxylation sites is 1. The van der Waals surface area contributed by atoms with E-state index < -0.39 is 11.9 Å². The van der Waals surface area contributed by atoms with Gasteiger partial charge in [-0.3, -0.25) is 4.79 Å². The van der Waals surface area contributed by atoms with Crippen LogP contribution in [0.1, 0.15) is 35.7 Å². The smallest absolute Gasteiger partial charge is 0.306 e. The zero-order chi connectivity index (χ0) is 23.5. The Labute approximate surface area is 207 Å². The number of hydrogen-bond donors (Lipinski definition) is 2. The molecule has 4 rings (SSSR count). The molecule has 0 saturated carbocycles. The van der Waals surface area contributed by atoms with Gasteiger partial charge in [0.1, 0.15) is 0 Å². The summed E-state index contributed by atoms with van der Waals surface area (Å²) in [6, 6.07) is 13.6. The van der Waals surface area contributed by atoms with Crippen LogP contribution in [0, 0.1) is 11.8 Å². The normalized spacial score (nSPS) is 12.5. The Morgan fingerprint density at radius 3 is 2.64 bits per heavy atom. The van der Waals surface area contributed by atoms with E-state index in [0.717, 1.165) is 39.2 Å². The summed E-state index contributed by atoms with van der Waals surface area (Å²) in [5, 5.41) is 12.9. The van der Waals surface area contributed by atoms with Crippen LogP contribution >= 0.6 is 34.5 Å². The molecule has 0 amide bonds. The summed E-state index contributed by atoms with van der Waals surface area (Å²) in [7, 11) is 0. The highest BCUT2D eigenvalue weighted by molar-refractivity contribution is 7.12. The Balaban J connectivity index is 1.55. The molecule has 0 aliphatic heterocycles. The van der Waals surface area contributed by atoms with E-state index in [1.165, 1.54) is 4.88 Å². The molecule has 1 unspecified atom stereocenters. The van der Waals surface area contributed by atoms with Gasteiger partial charge in [-0.25, -0.2) is 4.98 Å². The molecule has 0 aliphatic rings. The fraction of sp³-hybridized carbons (Fsp3) is 0.308. The molecule has 33 heavy (non-hydrogen) atoms. The first-order valence-electron chi connectivity index (χ1n) is 11.0. The molecule has 0 saturated heterocycles. The molecule has 0 fully saturated rings. The molecule has 4 aromatic rings. The van der Waals surface area contributed by atoms with E-state index in [1.807, 2.05) is 42.6 Å². The summed E-state index contributed by atoms with van der Waals surface area (Å²) >= 11 is 14.0. The van der Waals surface area contributed by atoms with Crippen molar-refractivity contribution < 1.29 is 9.90 Å². The van der Waals surface area contributed by atoms with Gasteiger partial charge in [-0.2, -0.15) is 0 Å². The molecule has 0 bridgehead atoms. The molecule has 1 atom stereocenters. The quantitative estimate of drug-likeness (QED) is 0.247. The van der Waals surface area contributed by atoms with Gasteiger partial charge in [-0.1, -0.05) is 61.3 Å². The highest BCUT2D eigenvalue weighted by Gasteiger charge is 2.22. The Morgan fingerprint density at radius 2 is 1.91 bits per heavy atom. The van der Waals surface area contributed by atoms with E-state index in [1.54, 1.807) is 17.4 Å². The number of fused-ring (bicyclic) bond motifs is 1. The first kappa shape index (κ1) is 23.8. The summed E-state index contributed by atoms with van der Waals surface area (Å²) in [6.07, 6.45) is 4.47. The maximum atomic E-state index is 12.0. The lowest BCUT2D eigenvalue weighted by Crippen LogP contribution is -2.17. The van der Waals surface area contributed by atoms with E-state index in [-0.39, 0.29) is 0 Å². The van der Waals surface area contributed by atoms with Crippen LogP contribution in [0.4, 0.5) is 0 Å². The number of rotatable bonds is 9. The Morgan fingerprint density at radius 1 is 1.12 bits per heavy atom. The minimum atomic E-state index is -0.774. The first-order valence-corrected chi connectivity index (χ1v) is 12.6. The predicted octanol–water partition coefficient (Wildman–Crippen LogP) is 7.67. The number of thiazole rings is 1. The van der Waals surface area contributed by atoms with Gasteiger partial charge >= 0.3 is 5.97 Å². The number of aliphatic carboxylic acids is 1. The summed E-state index contributed by atoms with van der Waals surface area (Å²) in [4.78, 5) is 21.4. The number of nitrogens with zero attached hydrogens (tertiary/aromatic N) is 1. The van der Waals surface area contributed by atoms with Crippen molar-refractivity contribution in [1.82, 2.24) is 9.97 Å². The van der Waals surface area contributed by atoms with Gasteiger partial charge in [0.15, 0.2) is 0 Å². The van der Waals surface area contributed by atoms with Gasteiger partial charge in [0.25, 0.3) is 0 Å². The minimum Gasteiger partial charge on any atom is -0.481 e. The van der Waals surface area contributed by atoms with E-state index in [0.29, 0.717) is 35.2 Å². The van der Waals surface area contributed by atoms with E-state index in [2.05, 4.69) is 18.8 Å². The average Bonchev–Trinajstić information content (AvgIpc) is 3.36. The lowest BCUT2D eigenvalue weighted by Gasteiger charge is -2.11. The number of aryl methyl sites for hydroxylation is 1. The Bertz CT molecular complexity index is 1280. The van der Waals surface area contributed by atoms with Gasteiger partial charge in [-0.15, -0.1) is 11.3 Å². The standard InChI is InChI=1S/C26H26Cl2N2O2S/c1-15(2)11-23-25(16-7-9-20(27)21(28)13-16)30-24(33-23)10-8-17(26(31)32)12-18-14-29-22-6-4-3-5-19(18)22/h3-7,9,13-15,17,29H,8,10-12H2,1-2H3,(H,31,32).